The number of carbonyl (C=O) groups is 2. The molecule has 148 valence electrons. The van der Waals surface area contributed by atoms with E-state index in [2.05, 4.69) is 11.8 Å². The maximum Gasteiger partial charge on any atom is 0.461 e. The fraction of sp³-hybridized carbons (Fsp3) is 0.524. The summed E-state index contributed by atoms with van der Waals surface area (Å²) in [5, 5.41) is 10.3. The van der Waals surface area contributed by atoms with Crippen molar-refractivity contribution in [1.82, 2.24) is 4.57 Å². The van der Waals surface area contributed by atoms with Gasteiger partial charge in [-0.3, -0.25) is 0 Å². The van der Waals surface area contributed by atoms with Crippen LogP contribution in [0.3, 0.4) is 0 Å². The van der Waals surface area contributed by atoms with Crippen LogP contribution in [-0.4, -0.2) is 21.7 Å². The number of hydrogen-bond acceptors (Lipinski definition) is 5. The number of aliphatic hydroxyl groups is 1. The third-order valence-corrected chi connectivity index (χ3v) is 4.77. The van der Waals surface area contributed by atoms with Gasteiger partial charge in [0, 0.05) is 16.6 Å². The van der Waals surface area contributed by atoms with Crippen molar-refractivity contribution >= 4 is 23.0 Å². The van der Waals surface area contributed by atoms with Crippen LogP contribution in [-0.2, 0) is 21.2 Å². The Morgan fingerprint density at radius 2 is 1.67 bits per heavy atom. The summed E-state index contributed by atoms with van der Waals surface area (Å²) >= 11 is 0. The Kier molecular flexibility index (Phi) is 8.33. The molecule has 1 aromatic heterocycles. The number of aliphatic hydroxyl groups excluding tert-OH is 1. The summed E-state index contributed by atoms with van der Waals surface area (Å²) < 4.78 is 1.31. The van der Waals surface area contributed by atoms with E-state index in [0.29, 0.717) is 16.8 Å². The van der Waals surface area contributed by atoms with Crippen LogP contribution >= 0.6 is 0 Å². The van der Waals surface area contributed by atoms with Gasteiger partial charge >= 0.3 is 12.1 Å². The zero-order chi connectivity index (χ0) is 19.6. The number of rotatable bonds is 9. The number of hydrogen-bond donors (Lipinski definition) is 1. The summed E-state index contributed by atoms with van der Waals surface area (Å²) in [6, 6.07) is 7.20. The predicted octanol–water partition coefficient (Wildman–Crippen LogP) is 5.03. The molecule has 2 rings (SSSR count). The van der Waals surface area contributed by atoms with Gasteiger partial charge < -0.3 is 5.11 Å². The number of unbranched alkanes of at least 4 members (excludes halogenated alkanes) is 6. The lowest BCUT2D eigenvalue weighted by Gasteiger charge is -2.07. The minimum absolute atomic E-state index is 0.190. The van der Waals surface area contributed by atoms with Crippen LogP contribution < -0.4 is 0 Å². The van der Waals surface area contributed by atoms with E-state index in [9.17, 15) is 14.7 Å². The summed E-state index contributed by atoms with van der Waals surface area (Å²) in [4.78, 5) is 33.6. The smallest absolute Gasteiger partial charge is 0.392 e. The summed E-state index contributed by atoms with van der Waals surface area (Å²) in [5.41, 5.74) is 1.82. The highest BCUT2D eigenvalue weighted by molar-refractivity contribution is 5.93. The van der Waals surface area contributed by atoms with Crippen molar-refractivity contribution in [2.24, 2.45) is 0 Å². The molecule has 0 saturated heterocycles. The van der Waals surface area contributed by atoms with Crippen molar-refractivity contribution in [2.45, 2.75) is 71.8 Å². The summed E-state index contributed by atoms with van der Waals surface area (Å²) in [6.45, 7) is 3.71. The van der Waals surface area contributed by atoms with Crippen molar-refractivity contribution in [3.63, 3.8) is 0 Å². The molecule has 27 heavy (non-hydrogen) atoms. The number of fused-ring (bicyclic) bond motifs is 1. The Balaban J connectivity index is 1.83. The van der Waals surface area contributed by atoms with Gasteiger partial charge in [0.05, 0.1) is 18.5 Å². The second kappa shape index (κ2) is 10.7. The monoisotopic (exact) mass is 375 g/mol. The Labute approximate surface area is 160 Å². The number of para-hydroxylation sites is 1. The molecule has 0 fully saturated rings. The van der Waals surface area contributed by atoms with Crippen molar-refractivity contribution in [3.8, 4) is 0 Å². The molecule has 0 spiro atoms. The van der Waals surface area contributed by atoms with E-state index in [1.165, 1.54) is 30.3 Å². The first-order chi connectivity index (χ1) is 13.1. The van der Waals surface area contributed by atoms with Crippen LogP contribution in [0, 0.1) is 6.92 Å². The average Bonchev–Trinajstić information content (AvgIpc) is 2.96. The van der Waals surface area contributed by atoms with Gasteiger partial charge in [-0.1, -0.05) is 63.6 Å². The molecular formula is C21H29NO5. The topological polar surface area (TPSA) is 77.8 Å². The predicted molar refractivity (Wildman–Crippen MR) is 103 cm³/mol. The number of nitrogens with zero attached hydrogens (tertiary/aromatic N) is 1. The normalized spacial score (nSPS) is 10.9. The molecule has 1 aromatic carbocycles. The zero-order valence-corrected chi connectivity index (χ0v) is 16.2. The van der Waals surface area contributed by atoms with Crippen LogP contribution in [0.25, 0.3) is 10.9 Å². The lowest BCUT2D eigenvalue weighted by Crippen LogP contribution is -2.18. The Morgan fingerprint density at radius 1 is 1.00 bits per heavy atom. The van der Waals surface area contributed by atoms with E-state index in [1.54, 1.807) is 19.1 Å². The highest BCUT2D eigenvalue weighted by atomic mass is 17.2. The van der Waals surface area contributed by atoms with Gasteiger partial charge in [-0.2, -0.15) is 0 Å². The SMILES string of the molecule is CCCCCCCCCC(=O)OOC(=O)n1c(C)c(CO)c2ccccc21. The minimum Gasteiger partial charge on any atom is -0.392 e. The first-order valence-electron chi connectivity index (χ1n) is 9.71. The van der Waals surface area contributed by atoms with Crippen molar-refractivity contribution < 1.29 is 24.5 Å². The first-order valence-corrected chi connectivity index (χ1v) is 9.71. The molecule has 0 atom stereocenters. The van der Waals surface area contributed by atoms with Gasteiger partial charge in [-0.15, -0.1) is 0 Å². The van der Waals surface area contributed by atoms with Crippen LogP contribution in [0.4, 0.5) is 4.79 Å². The van der Waals surface area contributed by atoms with Crippen LogP contribution in [0.15, 0.2) is 24.3 Å². The molecule has 2 aromatic rings. The highest BCUT2D eigenvalue weighted by Gasteiger charge is 2.20. The average molecular weight is 375 g/mol. The van der Waals surface area contributed by atoms with E-state index in [-0.39, 0.29) is 13.0 Å². The van der Waals surface area contributed by atoms with Crippen LogP contribution in [0.1, 0.15) is 69.5 Å². The molecule has 6 nitrogen and oxygen atoms in total. The Morgan fingerprint density at radius 3 is 2.37 bits per heavy atom. The molecular weight excluding hydrogens is 346 g/mol. The molecule has 1 heterocycles. The summed E-state index contributed by atoms with van der Waals surface area (Å²) in [7, 11) is 0. The quantitative estimate of drug-likeness (QED) is 0.378. The van der Waals surface area contributed by atoms with Crippen molar-refractivity contribution in [3.05, 3.63) is 35.5 Å². The Hall–Kier alpha value is -2.34. The molecule has 0 aliphatic rings. The lowest BCUT2D eigenvalue weighted by atomic mass is 10.1. The minimum atomic E-state index is -0.795. The Bertz CT molecular complexity index is 765. The highest BCUT2D eigenvalue weighted by Crippen LogP contribution is 2.26. The van der Waals surface area contributed by atoms with E-state index < -0.39 is 12.1 Å². The molecule has 6 heteroatoms. The standard InChI is InChI=1S/C21H29NO5/c1-3-4-5-6-7-8-9-14-20(24)26-27-21(25)22-16(2)18(15-23)17-12-10-11-13-19(17)22/h10-13,23H,3-9,14-15H2,1-2H3. The van der Waals surface area contributed by atoms with Gasteiger partial charge in [-0.05, 0) is 19.4 Å². The summed E-state index contributed by atoms with van der Waals surface area (Å²) in [6.07, 6.45) is 7.12. The molecule has 0 aliphatic heterocycles. The first kappa shape index (κ1) is 21.0. The number of carbonyl (C=O) groups excluding carboxylic acids is 2. The largest absolute Gasteiger partial charge is 0.461 e. The molecule has 0 amide bonds. The van der Waals surface area contributed by atoms with Gasteiger partial charge in [0.25, 0.3) is 0 Å². The number of benzene rings is 1. The van der Waals surface area contributed by atoms with E-state index in [0.717, 1.165) is 24.6 Å². The summed E-state index contributed by atoms with van der Waals surface area (Å²) in [5.74, 6) is -0.548. The van der Waals surface area contributed by atoms with Crippen LogP contribution in [0.2, 0.25) is 0 Å². The molecule has 0 radical (unpaired) electrons. The maximum atomic E-state index is 12.4. The zero-order valence-electron chi connectivity index (χ0n) is 16.2. The van der Waals surface area contributed by atoms with E-state index in [1.807, 2.05) is 12.1 Å². The fourth-order valence-corrected chi connectivity index (χ4v) is 3.26. The third kappa shape index (κ3) is 5.57. The van der Waals surface area contributed by atoms with Crippen molar-refractivity contribution in [2.75, 3.05) is 0 Å². The van der Waals surface area contributed by atoms with Crippen molar-refractivity contribution in [1.29, 1.82) is 0 Å². The van der Waals surface area contributed by atoms with Gasteiger partial charge in [0.15, 0.2) is 0 Å². The second-order valence-corrected chi connectivity index (χ2v) is 6.75. The fourth-order valence-electron chi connectivity index (χ4n) is 3.26. The molecule has 1 N–H and O–H groups in total. The van der Waals surface area contributed by atoms with E-state index >= 15 is 0 Å². The molecule has 0 bridgehead atoms. The molecule has 0 unspecified atom stereocenters. The second-order valence-electron chi connectivity index (χ2n) is 6.75. The number of aromatic nitrogens is 1. The van der Waals surface area contributed by atoms with Gasteiger partial charge in [-0.25, -0.2) is 23.9 Å². The van der Waals surface area contributed by atoms with Gasteiger partial charge in [0.2, 0.25) is 0 Å². The third-order valence-electron chi connectivity index (χ3n) is 4.77. The molecule has 0 saturated carbocycles. The van der Waals surface area contributed by atoms with E-state index in [4.69, 9.17) is 4.89 Å². The lowest BCUT2D eigenvalue weighted by molar-refractivity contribution is -0.232. The maximum absolute atomic E-state index is 12.4. The van der Waals surface area contributed by atoms with Gasteiger partial charge in [0.1, 0.15) is 0 Å². The van der Waals surface area contributed by atoms with Crippen LogP contribution in [0.5, 0.6) is 0 Å². The molecule has 0 aliphatic carbocycles.